The molecule has 4 nitrogen and oxygen atoms in total. The van der Waals surface area contributed by atoms with Crippen LogP contribution in [0.15, 0.2) is 0 Å². The number of hydrogen-bond acceptors (Lipinski definition) is 3. The predicted molar refractivity (Wildman–Crippen MR) is 16.7 cm³/mol. The van der Waals surface area contributed by atoms with Crippen LogP contribution in [0.1, 0.15) is 0 Å². The fraction of sp³-hybridized carbons (Fsp3) is 0. The van der Waals surface area contributed by atoms with Crippen LogP contribution in [0.5, 0.6) is 0 Å². The van der Waals surface area contributed by atoms with Crippen LogP contribution in [-0.4, -0.2) is 27.6 Å². The van der Waals surface area contributed by atoms with E-state index >= 15 is 0 Å². The van der Waals surface area contributed by atoms with Gasteiger partial charge in [-0.25, -0.2) is 0 Å². The van der Waals surface area contributed by atoms with Gasteiger partial charge in [-0.3, -0.25) is 0 Å². The van der Waals surface area contributed by atoms with Crippen molar-refractivity contribution in [3.8, 4) is 0 Å². The van der Waals surface area contributed by atoms with Crippen molar-refractivity contribution in [3.63, 3.8) is 0 Å². The quantitative estimate of drug-likeness (QED) is 0.374. The molecule has 0 aliphatic heterocycles. The topological polar surface area (TPSA) is 69.6 Å². The van der Waals surface area contributed by atoms with Gasteiger partial charge in [-0.05, 0) is 0 Å². The Morgan fingerprint density at radius 2 is 2.00 bits per heavy atom. The summed E-state index contributed by atoms with van der Waals surface area (Å²) in [5, 5.41) is 0. The molecule has 7 heavy (non-hydrogen) atoms. The fourth-order valence-electron chi connectivity index (χ4n) is 0. The minimum atomic E-state index is -4.39. The van der Waals surface area contributed by atoms with Crippen molar-refractivity contribution in [1.82, 2.24) is 0 Å². The summed E-state index contributed by atoms with van der Waals surface area (Å²) >= 11 is 0.821. The van der Waals surface area contributed by atoms with Crippen LogP contribution >= 0.6 is 7.82 Å². The van der Waals surface area contributed by atoms with E-state index in [-0.39, 0.29) is 29.6 Å². The number of phosphoric acid groups is 1. The van der Waals surface area contributed by atoms with E-state index in [2.05, 4.69) is 2.89 Å². The van der Waals surface area contributed by atoms with Crippen LogP contribution in [0.25, 0.3) is 0 Å². The summed E-state index contributed by atoms with van der Waals surface area (Å²) < 4.78 is 12.9. The van der Waals surface area contributed by atoms with Gasteiger partial charge in [0.2, 0.25) is 0 Å². The third-order valence-electron chi connectivity index (χ3n) is 0.0942. The molecule has 1 N–H and O–H groups in total. The molecule has 0 fully saturated rings. The van der Waals surface area contributed by atoms with Crippen molar-refractivity contribution in [2.24, 2.45) is 0 Å². The molecule has 1 radical (unpaired) electrons. The Labute approximate surface area is 76.6 Å². The van der Waals surface area contributed by atoms with Crippen LogP contribution in [-0.2, 0) is 7.45 Å². The zero-order valence-electron chi connectivity index (χ0n) is 3.53. The van der Waals surface area contributed by atoms with Gasteiger partial charge in [-0.15, -0.1) is 0 Å². The van der Waals surface area contributed by atoms with E-state index in [1.807, 2.05) is 0 Å². The molecule has 0 aromatic rings. The van der Waals surface area contributed by atoms with Crippen molar-refractivity contribution >= 4 is 30.5 Å². The van der Waals surface area contributed by atoms with Crippen molar-refractivity contribution in [2.45, 2.75) is 0 Å². The van der Waals surface area contributed by atoms with Crippen molar-refractivity contribution in [1.29, 1.82) is 0 Å². The molecule has 0 amide bonds. The fourth-order valence-corrected chi connectivity index (χ4v) is 0. The Morgan fingerprint density at radius 1 is 1.86 bits per heavy atom. The molecule has 1 atom stereocenters. The molecule has 0 aliphatic carbocycles. The minimum absolute atomic E-state index is 0. The normalized spacial score (nSPS) is 17.0. The summed E-state index contributed by atoms with van der Waals surface area (Å²) in [6.45, 7) is 0. The third-order valence-corrected chi connectivity index (χ3v) is 1.90. The Hall–Kier alpha value is 1.90. The molecule has 0 rings (SSSR count). The van der Waals surface area contributed by atoms with E-state index in [0.717, 1.165) is 22.7 Å². The van der Waals surface area contributed by atoms with Gasteiger partial charge in [0.05, 0.1) is 0 Å². The molecule has 0 aromatic carbocycles. The van der Waals surface area contributed by atoms with Crippen LogP contribution in [0.2, 0.25) is 0 Å². The van der Waals surface area contributed by atoms with Gasteiger partial charge in [0.25, 0.3) is 0 Å². The first-order valence-corrected chi connectivity index (χ1v) is 3.36. The van der Waals surface area contributed by atoms with Gasteiger partial charge in [0.1, 0.15) is 0 Å². The van der Waals surface area contributed by atoms with Crippen molar-refractivity contribution in [2.75, 3.05) is 0 Å². The minimum Gasteiger partial charge on any atom is 1.00 e. The monoisotopic (exact) mass is 249 g/mol. The second-order valence-electron chi connectivity index (χ2n) is 0.543. The summed E-state index contributed by atoms with van der Waals surface area (Å²) in [7, 11) is -4.39. The van der Waals surface area contributed by atoms with E-state index in [1.165, 1.54) is 0 Å². The standard InChI is InChI=1S/Na.H2O4PTe/c;1-5(2,3)4-6/h;(H2,1,2,3)/q+1;/p-1. The van der Waals surface area contributed by atoms with Gasteiger partial charge < -0.3 is 0 Å². The van der Waals surface area contributed by atoms with E-state index in [1.54, 1.807) is 0 Å². The van der Waals surface area contributed by atoms with E-state index in [0.29, 0.717) is 0 Å². The van der Waals surface area contributed by atoms with Crippen LogP contribution in [0, 0.1) is 0 Å². The second-order valence-corrected chi connectivity index (χ2v) is 2.91. The van der Waals surface area contributed by atoms with Gasteiger partial charge in [-0.2, -0.15) is 0 Å². The summed E-state index contributed by atoms with van der Waals surface area (Å²) in [5.74, 6) is 0. The molecule has 37 valence electrons. The number of rotatable bonds is 1. The van der Waals surface area contributed by atoms with E-state index < -0.39 is 7.82 Å². The molecule has 0 spiro atoms. The van der Waals surface area contributed by atoms with Crippen LogP contribution in [0.3, 0.4) is 0 Å². The summed E-state index contributed by atoms with van der Waals surface area (Å²) in [6, 6.07) is 0. The van der Waals surface area contributed by atoms with Gasteiger partial charge in [0, 0.05) is 0 Å². The van der Waals surface area contributed by atoms with Crippen molar-refractivity contribution in [3.05, 3.63) is 0 Å². The molecule has 0 heterocycles. The SMILES string of the molecule is O=P([O-])(O)O[Te].[Na+]. The molecule has 0 saturated carbocycles. The Morgan fingerprint density at radius 3 is 2.00 bits per heavy atom. The van der Waals surface area contributed by atoms with E-state index in [9.17, 15) is 9.46 Å². The van der Waals surface area contributed by atoms with Gasteiger partial charge >= 0.3 is 77.3 Å². The predicted octanol–water partition coefficient (Wildman–Crippen LogP) is -4.45. The maximum absolute atomic E-state index is 9.36. The van der Waals surface area contributed by atoms with E-state index in [4.69, 9.17) is 4.89 Å². The van der Waals surface area contributed by atoms with Crippen molar-refractivity contribution < 1.29 is 46.8 Å². The molecular formula is HNaO4PTe. The zero-order chi connectivity index (χ0) is 5.21. The second kappa shape index (κ2) is 4.75. The number of hydrogen-bond donors (Lipinski definition) is 1. The maximum Gasteiger partial charge on any atom is 1.00 e. The average molecular weight is 247 g/mol. The molecule has 7 heteroatoms. The first kappa shape index (κ1) is 11.7. The van der Waals surface area contributed by atoms with Crippen LogP contribution in [0.4, 0.5) is 0 Å². The molecule has 0 saturated heterocycles. The molecule has 0 aromatic heterocycles. The Bertz CT molecular complexity index is 75.8. The Balaban J connectivity index is 0. The smallest absolute Gasteiger partial charge is 1.00 e. The molecule has 0 aliphatic rings. The Kier molecular flexibility index (Phi) is 7.91. The van der Waals surface area contributed by atoms with Gasteiger partial charge in [-0.1, -0.05) is 0 Å². The first-order valence-electron chi connectivity index (χ1n) is 0.914. The molecule has 1 unspecified atom stereocenters. The maximum atomic E-state index is 9.36. The third kappa shape index (κ3) is 11.5. The summed E-state index contributed by atoms with van der Waals surface area (Å²) in [4.78, 5) is 17.0. The summed E-state index contributed by atoms with van der Waals surface area (Å²) in [5.41, 5.74) is 0. The zero-order valence-corrected chi connectivity index (χ0v) is 8.75. The molecule has 0 bridgehead atoms. The average Bonchev–Trinajstić information content (AvgIpc) is 1.35. The molecular weight excluding hydrogens is 246 g/mol. The first-order chi connectivity index (χ1) is 2.56. The largest absolute Gasteiger partial charge is 1.00 e. The summed E-state index contributed by atoms with van der Waals surface area (Å²) in [6.07, 6.45) is 0. The van der Waals surface area contributed by atoms with Crippen LogP contribution < -0.4 is 34.5 Å². The van der Waals surface area contributed by atoms with Gasteiger partial charge in [0.15, 0.2) is 0 Å².